The number of hydrogen-bond donors (Lipinski definition) is 0. The standard InChI is InChI=1S/C13H20N2/c1-3-14(2)9-12-10-15(11-12)13-7-5-4-6-8-13/h4-8,12H,3,9-11H2,1-2H3. The average Bonchev–Trinajstić information content (AvgIpc) is 2.23. The minimum atomic E-state index is 0.857. The zero-order valence-corrected chi connectivity index (χ0v) is 9.69. The topological polar surface area (TPSA) is 6.48 Å². The van der Waals surface area contributed by atoms with Crippen molar-refractivity contribution in [2.24, 2.45) is 5.92 Å². The van der Waals surface area contributed by atoms with Gasteiger partial charge in [0.25, 0.3) is 0 Å². The van der Waals surface area contributed by atoms with Crippen LogP contribution in [0.4, 0.5) is 5.69 Å². The number of hydrogen-bond acceptors (Lipinski definition) is 2. The van der Waals surface area contributed by atoms with E-state index in [0.717, 1.165) is 12.5 Å². The second-order valence-corrected chi connectivity index (χ2v) is 4.46. The molecular formula is C13H20N2. The Labute approximate surface area is 92.5 Å². The Morgan fingerprint density at radius 3 is 2.53 bits per heavy atom. The maximum absolute atomic E-state index is 2.45. The highest BCUT2D eigenvalue weighted by molar-refractivity contribution is 5.48. The molecule has 1 aliphatic rings. The molecular weight excluding hydrogens is 184 g/mol. The van der Waals surface area contributed by atoms with Crippen LogP contribution in [-0.4, -0.2) is 38.1 Å². The molecule has 1 fully saturated rings. The molecule has 0 amide bonds. The lowest BCUT2D eigenvalue weighted by Crippen LogP contribution is -2.51. The number of para-hydroxylation sites is 1. The Morgan fingerprint density at radius 2 is 1.93 bits per heavy atom. The minimum Gasteiger partial charge on any atom is -0.371 e. The Morgan fingerprint density at radius 1 is 1.27 bits per heavy atom. The predicted molar refractivity (Wildman–Crippen MR) is 65.3 cm³/mol. The minimum absolute atomic E-state index is 0.857. The molecule has 0 N–H and O–H groups in total. The van der Waals surface area contributed by atoms with Crippen LogP contribution in [0.5, 0.6) is 0 Å². The van der Waals surface area contributed by atoms with E-state index in [0.29, 0.717) is 0 Å². The molecule has 1 aromatic rings. The lowest BCUT2D eigenvalue weighted by molar-refractivity contribution is 0.256. The largest absolute Gasteiger partial charge is 0.371 e. The highest BCUT2D eigenvalue weighted by Crippen LogP contribution is 2.24. The van der Waals surface area contributed by atoms with E-state index in [1.54, 1.807) is 0 Å². The summed E-state index contributed by atoms with van der Waals surface area (Å²) in [5, 5.41) is 0. The van der Waals surface area contributed by atoms with Crippen LogP contribution in [-0.2, 0) is 0 Å². The fraction of sp³-hybridized carbons (Fsp3) is 0.538. The van der Waals surface area contributed by atoms with Crippen LogP contribution in [0.2, 0.25) is 0 Å². The first-order valence-corrected chi connectivity index (χ1v) is 5.78. The van der Waals surface area contributed by atoms with E-state index in [-0.39, 0.29) is 0 Å². The molecule has 1 aliphatic heterocycles. The van der Waals surface area contributed by atoms with Gasteiger partial charge in [-0.1, -0.05) is 25.1 Å². The molecule has 15 heavy (non-hydrogen) atoms. The Bertz CT molecular complexity index is 291. The van der Waals surface area contributed by atoms with Crippen molar-refractivity contribution in [1.82, 2.24) is 4.90 Å². The van der Waals surface area contributed by atoms with Gasteiger partial charge in [-0.25, -0.2) is 0 Å². The molecule has 0 bridgehead atoms. The molecule has 0 aliphatic carbocycles. The maximum Gasteiger partial charge on any atom is 0.0366 e. The summed E-state index contributed by atoms with van der Waals surface area (Å²) in [5.74, 6) is 0.857. The van der Waals surface area contributed by atoms with Gasteiger partial charge in [0.2, 0.25) is 0 Å². The van der Waals surface area contributed by atoms with Gasteiger partial charge in [0, 0.05) is 31.2 Å². The summed E-state index contributed by atoms with van der Waals surface area (Å²) in [5.41, 5.74) is 1.37. The first-order chi connectivity index (χ1) is 7.29. The van der Waals surface area contributed by atoms with Crippen molar-refractivity contribution in [1.29, 1.82) is 0 Å². The Balaban J connectivity index is 1.79. The van der Waals surface area contributed by atoms with E-state index in [1.807, 2.05) is 0 Å². The highest BCUT2D eigenvalue weighted by atomic mass is 15.2. The second-order valence-electron chi connectivity index (χ2n) is 4.46. The molecule has 0 saturated carbocycles. The van der Waals surface area contributed by atoms with Crippen LogP contribution >= 0.6 is 0 Å². The maximum atomic E-state index is 2.45. The monoisotopic (exact) mass is 204 g/mol. The SMILES string of the molecule is CCN(C)CC1CN(c2ccccc2)C1. The van der Waals surface area contributed by atoms with Gasteiger partial charge in [-0.3, -0.25) is 0 Å². The van der Waals surface area contributed by atoms with E-state index >= 15 is 0 Å². The van der Waals surface area contributed by atoms with Gasteiger partial charge in [0.15, 0.2) is 0 Å². The summed E-state index contributed by atoms with van der Waals surface area (Å²) in [6.07, 6.45) is 0. The lowest BCUT2D eigenvalue weighted by atomic mass is 9.98. The molecule has 82 valence electrons. The third-order valence-corrected chi connectivity index (χ3v) is 3.19. The lowest BCUT2D eigenvalue weighted by Gasteiger charge is -2.42. The second kappa shape index (κ2) is 4.67. The first-order valence-electron chi connectivity index (χ1n) is 5.78. The van der Waals surface area contributed by atoms with Crippen molar-refractivity contribution >= 4 is 5.69 Å². The van der Waals surface area contributed by atoms with Gasteiger partial charge in [0.05, 0.1) is 0 Å². The Kier molecular flexibility index (Phi) is 3.27. The van der Waals surface area contributed by atoms with E-state index in [4.69, 9.17) is 0 Å². The summed E-state index contributed by atoms with van der Waals surface area (Å²) >= 11 is 0. The van der Waals surface area contributed by atoms with Crippen LogP contribution < -0.4 is 4.90 Å². The molecule has 1 aromatic carbocycles. The zero-order chi connectivity index (χ0) is 10.7. The number of benzene rings is 1. The molecule has 0 atom stereocenters. The van der Waals surface area contributed by atoms with Crippen molar-refractivity contribution in [3.8, 4) is 0 Å². The van der Waals surface area contributed by atoms with E-state index in [1.165, 1.54) is 25.3 Å². The summed E-state index contributed by atoms with van der Waals surface area (Å²) in [4.78, 5) is 4.85. The van der Waals surface area contributed by atoms with Gasteiger partial charge in [-0.15, -0.1) is 0 Å². The van der Waals surface area contributed by atoms with Crippen LogP contribution in [0, 0.1) is 5.92 Å². The van der Waals surface area contributed by atoms with Crippen molar-refractivity contribution in [2.75, 3.05) is 38.1 Å². The third-order valence-electron chi connectivity index (χ3n) is 3.19. The molecule has 1 heterocycles. The van der Waals surface area contributed by atoms with E-state index in [2.05, 4.69) is 54.1 Å². The molecule has 2 rings (SSSR count). The quantitative estimate of drug-likeness (QED) is 0.741. The molecule has 0 spiro atoms. The van der Waals surface area contributed by atoms with Crippen LogP contribution in [0.3, 0.4) is 0 Å². The van der Waals surface area contributed by atoms with Crippen molar-refractivity contribution in [3.63, 3.8) is 0 Å². The Hall–Kier alpha value is -1.02. The highest BCUT2D eigenvalue weighted by Gasteiger charge is 2.27. The van der Waals surface area contributed by atoms with Crippen LogP contribution in [0.15, 0.2) is 30.3 Å². The molecule has 0 aromatic heterocycles. The summed E-state index contributed by atoms with van der Waals surface area (Å²) in [6, 6.07) is 10.7. The number of anilines is 1. The van der Waals surface area contributed by atoms with E-state index in [9.17, 15) is 0 Å². The zero-order valence-electron chi connectivity index (χ0n) is 9.69. The van der Waals surface area contributed by atoms with Crippen molar-refractivity contribution in [2.45, 2.75) is 6.92 Å². The first kappa shape index (κ1) is 10.5. The molecule has 2 nitrogen and oxygen atoms in total. The van der Waals surface area contributed by atoms with Crippen molar-refractivity contribution in [3.05, 3.63) is 30.3 Å². The van der Waals surface area contributed by atoms with Gasteiger partial charge in [0.1, 0.15) is 0 Å². The van der Waals surface area contributed by atoms with Gasteiger partial charge in [-0.2, -0.15) is 0 Å². The smallest absolute Gasteiger partial charge is 0.0366 e. The number of rotatable bonds is 4. The fourth-order valence-corrected chi connectivity index (χ4v) is 2.10. The summed E-state index contributed by atoms with van der Waals surface area (Å²) in [7, 11) is 2.20. The van der Waals surface area contributed by atoms with Gasteiger partial charge < -0.3 is 9.80 Å². The third kappa shape index (κ3) is 2.51. The predicted octanol–water partition coefficient (Wildman–Crippen LogP) is 2.07. The van der Waals surface area contributed by atoms with Crippen LogP contribution in [0.1, 0.15) is 6.92 Å². The van der Waals surface area contributed by atoms with E-state index < -0.39 is 0 Å². The van der Waals surface area contributed by atoms with Crippen molar-refractivity contribution < 1.29 is 0 Å². The number of nitrogens with zero attached hydrogens (tertiary/aromatic N) is 2. The molecule has 1 saturated heterocycles. The molecule has 0 radical (unpaired) electrons. The molecule has 2 heteroatoms. The summed E-state index contributed by atoms with van der Waals surface area (Å²) in [6.45, 7) is 7.04. The van der Waals surface area contributed by atoms with Gasteiger partial charge >= 0.3 is 0 Å². The van der Waals surface area contributed by atoms with Crippen LogP contribution in [0.25, 0.3) is 0 Å². The van der Waals surface area contributed by atoms with Gasteiger partial charge in [-0.05, 0) is 25.7 Å². The fourth-order valence-electron chi connectivity index (χ4n) is 2.10. The average molecular weight is 204 g/mol. The molecule has 0 unspecified atom stereocenters. The normalized spacial score (nSPS) is 16.9. The summed E-state index contributed by atoms with van der Waals surface area (Å²) < 4.78 is 0.